The van der Waals surface area contributed by atoms with E-state index in [0.717, 1.165) is 12.2 Å². The average molecular weight is 300 g/mol. The summed E-state index contributed by atoms with van der Waals surface area (Å²) in [6, 6.07) is 2.90. The zero-order chi connectivity index (χ0) is 15.1. The second-order valence-corrected chi connectivity index (χ2v) is 5.27. The molecule has 0 aliphatic carbocycles. The molecule has 0 aliphatic heterocycles. The van der Waals surface area contributed by atoms with Gasteiger partial charge >= 0.3 is 12.0 Å². The van der Waals surface area contributed by atoms with Gasteiger partial charge in [0.05, 0.1) is 6.54 Å². The number of hydrogen-bond donors (Lipinski definition) is 2. The number of carbonyl (C=O) groups is 2. The summed E-state index contributed by atoms with van der Waals surface area (Å²) in [6.07, 6.45) is 2.89. The molecule has 0 bridgehead atoms. The molecule has 1 rings (SSSR count). The molecular formula is C13H20N2O4S. The number of hydrogen-bond acceptors (Lipinski definition) is 4. The smallest absolute Gasteiger partial charge is 0.371 e. The number of nitrogens with one attached hydrogen (secondary N) is 1. The van der Waals surface area contributed by atoms with E-state index in [1.807, 2.05) is 13.2 Å². The Kier molecular flexibility index (Phi) is 6.44. The Morgan fingerprint density at radius 3 is 2.70 bits per heavy atom. The van der Waals surface area contributed by atoms with E-state index >= 15 is 0 Å². The molecule has 1 heterocycles. The summed E-state index contributed by atoms with van der Waals surface area (Å²) in [6.45, 7) is 2.21. The van der Waals surface area contributed by atoms with E-state index < -0.39 is 5.97 Å². The minimum Gasteiger partial charge on any atom is -0.475 e. The Bertz CT molecular complexity index is 461. The van der Waals surface area contributed by atoms with Gasteiger partial charge in [0.2, 0.25) is 5.76 Å². The summed E-state index contributed by atoms with van der Waals surface area (Å²) < 4.78 is 5.07. The lowest BCUT2D eigenvalue weighted by Crippen LogP contribution is -2.44. The fourth-order valence-electron chi connectivity index (χ4n) is 1.74. The minimum atomic E-state index is -1.12. The van der Waals surface area contributed by atoms with Crippen molar-refractivity contribution in [1.82, 2.24) is 10.2 Å². The molecule has 7 heteroatoms. The van der Waals surface area contributed by atoms with E-state index in [9.17, 15) is 9.59 Å². The first-order valence-electron chi connectivity index (χ1n) is 6.31. The van der Waals surface area contributed by atoms with E-state index in [2.05, 4.69) is 5.32 Å². The average Bonchev–Trinajstić information content (AvgIpc) is 2.90. The van der Waals surface area contributed by atoms with E-state index in [4.69, 9.17) is 9.52 Å². The van der Waals surface area contributed by atoms with Crippen LogP contribution in [0.1, 0.15) is 29.7 Å². The van der Waals surface area contributed by atoms with Crippen LogP contribution >= 0.6 is 11.8 Å². The quantitative estimate of drug-likeness (QED) is 0.807. The standard InChI is InChI=1S/C13H20N2O4S/c1-4-9(8-20-3)15(2)13(18)14-7-10-5-6-11(19-10)12(16)17/h5-6,9H,4,7-8H2,1-3H3,(H,14,18)(H,16,17). The molecule has 2 N–H and O–H groups in total. The molecule has 0 saturated heterocycles. The van der Waals surface area contributed by atoms with Gasteiger partial charge in [0.25, 0.3) is 0 Å². The molecule has 0 aromatic carbocycles. The van der Waals surface area contributed by atoms with Crippen molar-refractivity contribution in [3.8, 4) is 0 Å². The van der Waals surface area contributed by atoms with Crippen LogP contribution in [-0.4, -0.2) is 47.1 Å². The zero-order valence-corrected chi connectivity index (χ0v) is 12.7. The maximum atomic E-state index is 12.0. The molecule has 6 nitrogen and oxygen atoms in total. The number of carbonyl (C=O) groups excluding carboxylic acids is 1. The number of carboxylic acids is 1. The Morgan fingerprint density at radius 1 is 1.50 bits per heavy atom. The topological polar surface area (TPSA) is 82.8 Å². The van der Waals surface area contributed by atoms with Crippen LogP contribution in [-0.2, 0) is 6.54 Å². The fraction of sp³-hybridized carbons (Fsp3) is 0.538. The van der Waals surface area contributed by atoms with E-state index in [1.54, 1.807) is 29.8 Å². The minimum absolute atomic E-state index is 0.128. The Balaban J connectivity index is 2.51. The first-order chi connectivity index (χ1) is 9.49. The Morgan fingerprint density at radius 2 is 2.20 bits per heavy atom. The highest BCUT2D eigenvalue weighted by molar-refractivity contribution is 7.98. The van der Waals surface area contributed by atoms with Crippen LogP contribution < -0.4 is 5.32 Å². The maximum Gasteiger partial charge on any atom is 0.371 e. The van der Waals surface area contributed by atoms with Gasteiger partial charge in [0.1, 0.15) is 5.76 Å². The molecule has 1 aromatic heterocycles. The van der Waals surface area contributed by atoms with Crippen molar-refractivity contribution in [2.75, 3.05) is 19.1 Å². The lowest BCUT2D eigenvalue weighted by molar-refractivity contribution is 0.0660. The molecule has 1 aromatic rings. The summed E-state index contributed by atoms with van der Waals surface area (Å²) in [5.74, 6) is 0.0499. The monoisotopic (exact) mass is 300 g/mol. The van der Waals surface area contributed by atoms with Crippen LogP contribution in [0, 0.1) is 0 Å². The first-order valence-corrected chi connectivity index (χ1v) is 7.70. The van der Waals surface area contributed by atoms with Crippen LogP contribution in [0.4, 0.5) is 4.79 Å². The predicted octanol–water partition coefficient (Wildman–Crippen LogP) is 2.26. The molecule has 1 unspecified atom stereocenters. The van der Waals surface area contributed by atoms with Crippen LogP contribution in [0.3, 0.4) is 0 Å². The third-order valence-electron chi connectivity index (χ3n) is 2.98. The second kappa shape index (κ2) is 7.84. The van der Waals surface area contributed by atoms with Crippen LogP contribution in [0.25, 0.3) is 0 Å². The van der Waals surface area contributed by atoms with Gasteiger partial charge in [-0.15, -0.1) is 0 Å². The van der Waals surface area contributed by atoms with Gasteiger partial charge in [0, 0.05) is 18.8 Å². The molecule has 0 spiro atoms. The number of thioether (sulfide) groups is 1. The second-order valence-electron chi connectivity index (χ2n) is 4.36. The molecule has 0 radical (unpaired) electrons. The van der Waals surface area contributed by atoms with E-state index in [0.29, 0.717) is 5.76 Å². The summed E-state index contributed by atoms with van der Waals surface area (Å²) in [7, 11) is 1.75. The summed E-state index contributed by atoms with van der Waals surface area (Å²) in [4.78, 5) is 24.3. The molecular weight excluding hydrogens is 280 g/mol. The van der Waals surface area contributed by atoms with Gasteiger partial charge in [-0.2, -0.15) is 11.8 Å². The van der Waals surface area contributed by atoms with Crippen molar-refractivity contribution in [3.05, 3.63) is 23.7 Å². The summed E-state index contributed by atoms with van der Waals surface area (Å²) in [5.41, 5.74) is 0. The summed E-state index contributed by atoms with van der Waals surface area (Å²) in [5, 5.41) is 11.5. The largest absolute Gasteiger partial charge is 0.475 e. The molecule has 0 saturated carbocycles. The highest BCUT2D eigenvalue weighted by Gasteiger charge is 2.18. The fourth-order valence-corrected chi connectivity index (χ4v) is 2.58. The van der Waals surface area contributed by atoms with Gasteiger partial charge in [-0.3, -0.25) is 0 Å². The number of urea groups is 1. The molecule has 1 atom stereocenters. The van der Waals surface area contributed by atoms with Gasteiger partial charge in [-0.25, -0.2) is 9.59 Å². The normalized spacial score (nSPS) is 11.9. The van der Waals surface area contributed by atoms with E-state index in [-0.39, 0.29) is 24.4 Å². The van der Waals surface area contributed by atoms with Crippen molar-refractivity contribution in [3.63, 3.8) is 0 Å². The lowest BCUT2D eigenvalue weighted by Gasteiger charge is -2.26. The predicted molar refractivity (Wildman–Crippen MR) is 78.1 cm³/mol. The number of rotatable bonds is 7. The van der Waals surface area contributed by atoms with Crippen molar-refractivity contribution in [1.29, 1.82) is 0 Å². The van der Waals surface area contributed by atoms with E-state index in [1.165, 1.54) is 6.07 Å². The molecule has 20 heavy (non-hydrogen) atoms. The number of carboxylic acid groups (broad SMARTS) is 1. The number of aromatic carboxylic acids is 1. The van der Waals surface area contributed by atoms with Gasteiger partial charge < -0.3 is 19.7 Å². The molecule has 2 amide bonds. The van der Waals surface area contributed by atoms with Gasteiger partial charge in [-0.05, 0) is 24.8 Å². The lowest BCUT2D eigenvalue weighted by atomic mass is 10.2. The van der Waals surface area contributed by atoms with Gasteiger partial charge in [-0.1, -0.05) is 6.92 Å². The number of amides is 2. The van der Waals surface area contributed by atoms with Crippen molar-refractivity contribution >= 4 is 23.8 Å². The molecule has 0 aliphatic rings. The molecule has 0 fully saturated rings. The molecule has 112 valence electrons. The van der Waals surface area contributed by atoms with Crippen molar-refractivity contribution < 1.29 is 19.1 Å². The van der Waals surface area contributed by atoms with Gasteiger partial charge in [0.15, 0.2) is 0 Å². The van der Waals surface area contributed by atoms with Crippen LogP contribution in [0.15, 0.2) is 16.5 Å². The zero-order valence-electron chi connectivity index (χ0n) is 11.9. The van der Waals surface area contributed by atoms with Crippen LogP contribution in [0.5, 0.6) is 0 Å². The SMILES string of the molecule is CCC(CSC)N(C)C(=O)NCc1ccc(C(=O)O)o1. The highest BCUT2D eigenvalue weighted by atomic mass is 32.2. The van der Waals surface area contributed by atoms with Crippen molar-refractivity contribution in [2.24, 2.45) is 0 Å². The Labute approximate surface area is 122 Å². The Hall–Kier alpha value is -1.63. The third-order valence-corrected chi connectivity index (χ3v) is 3.70. The van der Waals surface area contributed by atoms with Crippen LogP contribution in [0.2, 0.25) is 0 Å². The number of furan rings is 1. The third kappa shape index (κ3) is 4.48. The highest BCUT2D eigenvalue weighted by Crippen LogP contribution is 2.10. The number of nitrogens with zero attached hydrogens (tertiary/aromatic N) is 1. The first kappa shape index (κ1) is 16.4. The summed E-state index contributed by atoms with van der Waals surface area (Å²) >= 11 is 1.70. The van der Waals surface area contributed by atoms with Crippen molar-refractivity contribution in [2.45, 2.75) is 25.9 Å². The maximum absolute atomic E-state index is 12.0.